The van der Waals surface area contributed by atoms with E-state index in [1.54, 1.807) is 0 Å². The summed E-state index contributed by atoms with van der Waals surface area (Å²) in [7, 11) is 1.91. The maximum Gasteiger partial charge on any atom is 0.239 e. The lowest BCUT2D eigenvalue weighted by molar-refractivity contribution is -0.135. The lowest BCUT2D eigenvalue weighted by Gasteiger charge is -2.36. The van der Waals surface area contributed by atoms with E-state index in [1.807, 2.05) is 11.9 Å². The van der Waals surface area contributed by atoms with Crippen LogP contribution < -0.4 is 5.73 Å². The van der Waals surface area contributed by atoms with Crippen LogP contribution in [0.1, 0.15) is 40.5 Å². The summed E-state index contributed by atoms with van der Waals surface area (Å²) < 4.78 is 0. The number of nitrogens with two attached hydrogens (primary N) is 1. The van der Waals surface area contributed by atoms with Crippen LogP contribution in [-0.2, 0) is 4.79 Å². The molecule has 1 heterocycles. The topological polar surface area (TPSA) is 49.6 Å². The van der Waals surface area contributed by atoms with E-state index in [0.717, 1.165) is 25.9 Å². The number of amides is 1. The van der Waals surface area contributed by atoms with Crippen LogP contribution in [0, 0.1) is 5.41 Å². The molecule has 0 radical (unpaired) electrons. The number of nitrogens with zero attached hydrogens (tertiary/aromatic N) is 2. The molecule has 0 bridgehead atoms. The van der Waals surface area contributed by atoms with Gasteiger partial charge in [-0.05, 0) is 31.7 Å². The third kappa shape index (κ3) is 3.45. The Hall–Kier alpha value is -0.610. The van der Waals surface area contributed by atoms with Crippen molar-refractivity contribution in [3.8, 4) is 0 Å². The monoisotopic (exact) mass is 255 g/mol. The Morgan fingerprint density at radius 3 is 2.56 bits per heavy atom. The van der Waals surface area contributed by atoms with Gasteiger partial charge in [0.05, 0.1) is 6.04 Å². The van der Waals surface area contributed by atoms with Crippen molar-refractivity contribution in [2.24, 2.45) is 11.1 Å². The molecule has 106 valence electrons. The molecule has 0 spiro atoms. The molecule has 0 aromatic rings. The summed E-state index contributed by atoms with van der Waals surface area (Å²) in [4.78, 5) is 16.7. The first-order valence-corrected chi connectivity index (χ1v) is 7.03. The van der Waals surface area contributed by atoms with Crippen LogP contribution in [0.4, 0.5) is 0 Å². The second-order valence-corrected chi connectivity index (χ2v) is 6.38. The Labute approximate surface area is 111 Å². The van der Waals surface area contributed by atoms with E-state index in [9.17, 15) is 4.79 Å². The van der Waals surface area contributed by atoms with E-state index < -0.39 is 0 Å². The van der Waals surface area contributed by atoms with Crippen molar-refractivity contribution < 1.29 is 4.79 Å². The predicted molar refractivity (Wildman–Crippen MR) is 75.3 cm³/mol. The average molecular weight is 255 g/mol. The van der Waals surface area contributed by atoms with E-state index in [1.165, 1.54) is 0 Å². The Kier molecular flexibility index (Phi) is 5.17. The van der Waals surface area contributed by atoms with Crippen molar-refractivity contribution in [1.29, 1.82) is 0 Å². The molecule has 18 heavy (non-hydrogen) atoms. The van der Waals surface area contributed by atoms with E-state index in [2.05, 4.69) is 32.6 Å². The molecule has 2 unspecified atom stereocenters. The molecular weight excluding hydrogens is 226 g/mol. The fourth-order valence-corrected chi connectivity index (χ4v) is 2.92. The maximum atomic E-state index is 12.5. The highest BCUT2D eigenvalue weighted by atomic mass is 16.2. The van der Waals surface area contributed by atoms with Gasteiger partial charge in [0, 0.05) is 26.2 Å². The molecule has 0 aromatic heterocycles. The van der Waals surface area contributed by atoms with Crippen LogP contribution in [0.3, 0.4) is 0 Å². The highest BCUT2D eigenvalue weighted by Crippen LogP contribution is 2.27. The summed E-state index contributed by atoms with van der Waals surface area (Å²) in [6.07, 6.45) is 1.82. The zero-order valence-corrected chi connectivity index (χ0v) is 12.6. The van der Waals surface area contributed by atoms with E-state index >= 15 is 0 Å². The molecular formula is C14H29N3O. The highest BCUT2D eigenvalue weighted by molar-refractivity contribution is 5.82. The first-order valence-electron chi connectivity index (χ1n) is 7.03. The van der Waals surface area contributed by atoms with Crippen molar-refractivity contribution in [3.05, 3.63) is 0 Å². The Morgan fingerprint density at radius 1 is 1.44 bits per heavy atom. The molecule has 4 nitrogen and oxygen atoms in total. The maximum absolute atomic E-state index is 12.5. The minimum absolute atomic E-state index is 0.0447. The number of likely N-dealkylation sites (N-methyl/N-ethyl adjacent to an activating group) is 1. The highest BCUT2D eigenvalue weighted by Gasteiger charge is 2.39. The average Bonchev–Trinajstić information content (AvgIpc) is 2.38. The summed E-state index contributed by atoms with van der Waals surface area (Å²) in [6, 6.07) is 0.382. The lowest BCUT2D eigenvalue weighted by Crippen LogP contribution is -2.49. The zero-order chi connectivity index (χ0) is 13.9. The number of hydrogen-bond acceptors (Lipinski definition) is 3. The fourth-order valence-electron chi connectivity index (χ4n) is 2.92. The van der Waals surface area contributed by atoms with Crippen molar-refractivity contribution >= 4 is 5.91 Å². The summed E-state index contributed by atoms with van der Waals surface area (Å²) >= 11 is 0. The van der Waals surface area contributed by atoms with E-state index in [4.69, 9.17) is 5.73 Å². The SMILES string of the molecule is CCC(C)N1CC(C)(C)CN(C)C(=O)C1CCN. The molecule has 1 aliphatic heterocycles. The van der Waals surface area contributed by atoms with Crippen LogP contribution in [0.5, 0.6) is 0 Å². The fraction of sp³-hybridized carbons (Fsp3) is 0.929. The van der Waals surface area contributed by atoms with Crippen molar-refractivity contribution in [2.45, 2.75) is 52.6 Å². The summed E-state index contributed by atoms with van der Waals surface area (Å²) in [5.41, 5.74) is 5.83. The van der Waals surface area contributed by atoms with Gasteiger partial charge < -0.3 is 10.6 Å². The summed E-state index contributed by atoms with van der Waals surface area (Å²) in [5.74, 6) is 0.228. The standard InChI is InChI=1S/C14H29N3O/c1-6-11(2)17-10-14(3,4)9-16(5)13(18)12(17)7-8-15/h11-12H,6-10,15H2,1-5H3. The normalized spacial score (nSPS) is 27.1. The molecule has 1 aliphatic rings. The lowest BCUT2D eigenvalue weighted by atomic mass is 9.92. The zero-order valence-electron chi connectivity index (χ0n) is 12.6. The van der Waals surface area contributed by atoms with Crippen molar-refractivity contribution in [1.82, 2.24) is 9.80 Å². The molecule has 0 aliphatic carbocycles. The van der Waals surface area contributed by atoms with Gasteiger partial charge in [-0.1, -0.05) is 20.8 Å². The summed E-state index contributed by atoms with van der Waals surface area (Å²) in [6.45, 7) is 11.2. The molecule has 1 fully saturated rings. The largest absolute Gasteiger partial charge is 0.344 e. The minimum atomic E-state index is -0.0447. The molecule has 1 rings (SSSR count). The Bertz CT molecular complexity index is 291. The van der Waals surface area contributed by atoms with Crippen molar-refractivity contribution in [3.63, 3.8) is 0 Å². The quantitative estimate of drug-likeness (QED) is 0.824. The van der Waals surface area contributed by atoms with Crippen LogP contribution in [0.15, 0.2) is 0 Å². The van der Waals surface area contributed by atoms with Crippen LogP contribution in [0.2, 0.25) is 0 Å². The number of carbonyl (C=O) groups is 1. The van der Waals surface area contributed by atoms with Gasteiger partial charge in [0.1, 0.15) is 0 Å². The second kappa shape index (κ2) is 6.02. The first-order chi connectivity index (χ1) is 8.32. The van der Waals surface area contributed by atoms with E-state index in [0.29, 0.717) is 12.6 Å². The minimum Gasteiger partial charge on any atom is -0.344 e. The van der Waals surface area contributed by atoms with Gasteiger partial charge in [-0.25, -0.2) is 0 Å². The molecule has 4 heteroatoms. The first kappa shape index (κ1) is 15.4. The Balaban J connectivity index is 3.02. The third-order valence-corrected chi connectivity index (χ3v) is 3.93. The van der Waals surface area contributed by atoms with Crippen molar-refractivity contribution in [2.75, 3.05) is 26.7 Å². The van der Waals surface area contributed by atoms with Gasteiger partial charge in [0.25, 0.3) is 0 Å². The third-order valence-electron chi connectivity index (χ3n) is 3.93. The second-order valence-electron chi connectivity index (χ2n) is 6.38. The van der Waals surface area contributed by atoms with Gasteiger partial charge in [0.2, 0.25) is 5.91 Å². The molecule has 2 atom stereocenters. The van der Waals surface area contributed by atoms with Gasteiger partial charge in [-0.2, -0.15) is 0 Å². The number of rotatable bonds is 4. The molecule has 0 saturated carbocycles. The van der Waals surface area contributed by atoms with Crippen LogP contribution >= 0.6 is 0 Å². The Morgan fingerprint density at radius 2 is 2.06 bits per heavy atom. The molecule has 2 N–H and O–H groups in total. The molecule has 1 amide bonds. The smallest absolute Gasteiger partial charge is 0.239 e. The summed E-state index contributed by atoms with van der Waals surface area (Å²) in [5, 5.41) is 0. The van der Waals surface area contributed by atoms with Gasteiger partial charge in [0.15, 0.2) is 0 Å². The van der Waals surface area contributed by atoms with Gasteiger partial charge in [-0.3, -0.25) is 9.69 Å². The van der Waals surface area contributed by atoms with E-state index in [-0.39, 0.29) is 17.4 Å². The predicted octanol–water partition coefficient (Wildman–Crippen LogP) is 1.30. The van der Waals surface area contributed by atoms with Gasteiger partial charge >= 0.3 is 0 Å². The van der Waals surface area contributed by atoms with Crippen LogP contribution in [0.25, 0.3) is 0 Å². The number of hydrogen-bond donors (Lipinski definition) is 1. The van der Waals surface area contributed by atoms with Crippen LogP contribution in [-0.4, -0.2) is 54.5 Å². The van der Waals surface area contributed by atoms with Gasteiger partial charge in [-0.15, -0.1) is 0 Å². The number of carbonyl (C=O) groups excluding carboxylic acids is 1. The molecule has 0 aromatic carbocycles. The molecule has 1 saturated heterocycles.